The van der Waals surface area contributed by atoms with Gasteiger partial charge in [-0.3, -0.25) is 9.89 Å². The fourth-order valence-corrected chi connectivity index (χ4v) is 2.57. The maximum Gasteiger partial charge on any atom is 0.246 e. The summed E-state index contributed by atoms with van der Waals surface area (Å²) < 4.78 is 5.34. The number of nitrogens with one attached hydrogen (secondary N) is 3. The van der Waals surface area contributed by atoms with E-state index in [1.807, 2.05) is 42.5 Å². The zero-order chi connectivity index (χ0) is 16.2. The van der Waals surface area contributed by atoms with Gasteiger partial charge in [-0.25, -0.2) is 0 Å². The summed E-state index contributed by atoms with van der Waals surface area (Å²) in [7, 11) is 3.34. The van der Waals surface area contributed by atoms with Gasteiger partial charge in [0.05, 0.1) is 18.8 Å². The first-order valence-corrected chi connectivity index (χ1v) is 7.27. The zero-order valence-electron chi connectivity index (χ0n) is 13.0. The number of rotatable bonds is 5. The Kier molecular flexibility index (Phi) is 4.25. The molecular weight excluding hydrogens is 292 g/mol. The normalized spacial score (nSPS) is 12.1. The number of carbonyl (C=O) groups excluding carboxylic acids is 1. The maximum absolute atomic E-state index is 12.6. The number of methoxy groups -OCH3 is 1. The molecule has 0 aliphatic carbocycles. The number of likely N-dealkylation sites (N-methyl/N-ethyl adjacent to an activating group) is 1. The number of benzene rings is 2. The lowest BCUT2D eigenvalue weighted by Gasteiger charge is -2.19. The summed E-state index contributed by atoms with van der Waals surface area (Å²) in [6, 6.07) is 12.6. The van der Waals surface area contributed by atoms with E-state index in [4.69, 9.17) is 4.74 Å². The molecule has 1 atom stereocenters. The molecular formula is C17H18N4O2. The number of amides is 1. The predicted octanol–water partition coefficient (Wildman–Crippen LogP) is 2.47. The van der Waals surface area contributed by atoms with Crippen molar-refractivity contribution in [2.75, 3.05) is 19.5 Å². The molecule has 23 heavy (non-hydrogen) atoms. The monoisotopic (exact) mass is 310 g/mol. The minimum Gasteiger partial charge on any atom is -0.496 e. The van der Waals surface area contributed by atoms with Crippen LogP contribution in [0.1, 0.15) is 11.6 Å². The summed E-state index contributed by atoms with van der Waals surface area (Å²) >= 11 is 0. The minimum absolute atomic E-state index is 0.153. The van der Waals surface area contributed by atoms with Crippen LogP contribution < -0.4 is 15.4 Å². The molecule has 1 unspecified atom stereocenters. The van der Waals surface area contributed by atoms with Gasteiger partial charge in [0, 0.05) is 16.6 Å². The second-order valence-electron chi connectivity index (χ2n) is 5.12. The van der Waals surface area contributed by atoms with Crippen molar-refractivity contribution in [3.05, 3.63) is 54.2 Å². The second-order valence-corrected chi connectivity index (χ2v) is 5.12. The highest BCUT2D eigenvalue weighted by atomic mass is 16.5. The van der Waals surface area contributed by atoms with Gasteiger partial charge in [0.25, 0.3) is 0 Å². The van der Waals surface area contributed by atoms with Gasteiger partial charge in [-0.2, -0.15) is 5.10 Å². The fourth-order valence-electron chi connectivity index (χ4n) is 2.57. The third-order valence-electron chi connectivity index (χ3n) is 3.71. The molecule has 0 radical (unpaired) electrons. The summed E-state index contributed by atoms with van der Waals surface area (Å²) in [5, 5.41) is 13.8. The van der Waals surface area contributed by atoms with Gasteiger partial charge in [0.1, 0.15) is 11.8 Å². The molecule has 0 bridgehead atoms. The Balaban J connectivity index is 1.84. The Morgan fingerprint density at radius 1 is 1.26 bits per heavy atom. The van der Waals surface area contributed by atoms with Crippen LogP contribution in [-0.4, -0.2) is 30.3 Å². The van der Waals surface area contributed by atoms with Crippen LogP contribution in [-0.2, 0) is 4.79 Å². The quantitative estimate of drug-likeness (QED) is 0.676. The standard InChI is InChI=1S/C17H18N4O2/c1-18-16(13-5-3-4-6-15(13)23-2)17(22)20-12-7-8-14-11(9-12)10-19-21-14/h3-10,16,18H,1-2H3,(H,19,21)(H,20,22). The molecule has 1 heterocycles. The predicted molar refractivity (Wildman–Crippen MR) is 89.5 cm³/mol. The summed E-state index contributed by atoms with van der Waals surface area (Å²) in [4.78, 5) is 12.6. The van der Waals surface area contributed by atoms with E-state index in [2.05, 4.69) is 20.8 Å². The number of H-pyrrole nitrogens is 1. The molecule has 3 rings (SSSR count). The minimum atomic E-state index is -0.508. The number of hydrogen-bond donors (Lipinski definition) is 3. The van der Waals surface area contributed by atoms with Crippen molar-refractivity contribution in [2.45, 2.75) is 6.04 Å². The number of fused-ring (bicyclic) bond motifs is 1. The molecule has 1 amide bonds. The topological polar surface area (TPSA) is 79.0 Å². The first-order valence-electron chi connectivity index (χ1n) is 7.27. The summed E-state index contributed by atoms with van der Waals surface area (Å²) in [6.07, 6.45) is 1.72. The molecule has 2 aromatic carbocycles. The van der Waals surface area contributed by atoms with E-state index in [1.165, 1.54) is 0 Å². The third-order valence-corrected chi connectivity index (χ3v) is 3.71. The summed E-state index contributed by atoms with van der Waals surface area (Å²) in [5.41, 5.74) is 2.44. The van der Waals surface area contributed by atoms with Crippen LogP contribution in [0.2, 0.25) is 0 Å². The van der Waals surface area contributed by atoms with E-state index in [0.717, 1.165) is 22.2 Å². The number of para-hydroxylation sites is 1. The number of ether oxygens (including phenoxy) is 1. The largest absolute Gasteiger partial charge is 0.496 e. The van der Waals surface area contributed by atoms with Crippen molar-refractivity contribution in [1.82, 2.24) is 15.5 Å². The Morgan fingerprint density at radius 2 is 2.09 bits per heavy atom. The highest BCUT2D eigenvalue weighted by Gasteiger charge is 2.22. The SMILES string of the molecule is CNC(C(=O)Nc1ccc2[nH]ncc2c1)c1ccccc1OC. The average molecular weight is 310 g/mol. The smallest absolute Gasteiger partial charge is 0.246 e. The Bertz CT molecular complexity index is 828. The van der Waals surface area contributed by atoms with Crippen molar-refractivity contribution in [3.8, 4) is 5.75 Å². The van der Waals surface area contributed by atoms with Gasteiger partial charge in [-0.05, 0) is 31.3 Å². The lowest BCUT2D eigenvalue weighted by atomic mass is 10.0. The molecule has 0 spiro atoms. The van der Waals surface area contributed by atoms with E-state index in [1.54, 1.807) is 20.4 Å². The van der Waals surface area contributed by atoms with Crippen molar-refractivity contribution in [1.29, 1.82) is 0 Å². The van der Waals surface area contributed by atoms with E-state index in [-0.39, 0.29) is 5.91 Å². The fraction of sp³-hybridized carbons (Fsp3) is 0.176. The maximum atomic E-state index is 12.6. The number of hydrogen-bond acceptors (Lipinski definition) is 4. The van der Waals surface area contributed by atoms with Crippen LogP contribution in [0.3, 0.4) is 0 Å². The van der Waals surface area contributed by atoms with E-state index in [9.17, 15) is 4.79 Å². The number of nitrogens with zero attached hydrogens (tertiary/aromatic N) is 1. The van der Waals surface area contributed by atoms with Crippen molar-refractivity contribution in [2.24, 2.45) is 0 Å². The van der Waals surface area contributed by atoms with Gasteiger partial charge in [0.15, 0.2) is 0 Å². The summed E-state index contributed by atoms with van der Waals surface area (Å²) in [5.74, 6) is 0.520. The molecule has 6 nitrogen and oxygen atoms in total. The molecule has 0 saturated heterocycles. The lowest BCUT2D eigenvalue weighted by molar-refractivity contribution is -0.118. The van der Waals surface area contributed by atoms with Gasteiger partial charge >= 0.3 is 0 Å². The van der Waals surface area contributed by atoms with Crippen LogP contribution >= 0.6 is 0 Å². The van der Waals surface area contributed by atoms with Crippen LogP contribution in [0.15, 0.2) is 48.7 Å². The number of aromatic nitrogens is 2. The van der Waals surface area contributed by atoms with E-state index >= 15 is 0 Å². The molecule has 6 heteroatoms. The van der Waals surface area contributed by atoms with Crippen LogP contribution in [0.25, 0.3) is 10.9 Å². The molecule has 0 saturated carbocycles. The van der Waals surface area contributed by atoms with Crippen molar-refractivity contribution >= 4 is 22.5 Å². The lowest BCUT2D eigenvalue weighted by Crippen LogP contribution is -2.31. The Morgan fingerprint density at radius 3 is 2.87 bits per heavy atom. The summed E-state index contributed by atoms with van der Waals surface area (Å²) in [6.45, 7) is 0. The van der Waals surface area contributed by atoms with Gasteiger partial charge < -0.3 is 15.4 Å². The molecule has 3 aromatic rings. The molecule has 0 aliphatic rings. The average Bonchev–Trinajstić information content (AvgIpc) is 3.03. The van der Waals surface area contributed by atoms with Crippen LogP contribution in [0, 0.1) is 0 Å². The van der Waals surface area contributed by atoms with Crippen LogP contribution in [0.5, 0.6) is 5.75 Å². The van der Waals surface area contributed by atoms with Gasteiger partial charge in [-0.15, -0.1) is 0 Å². The van der Waals surface area contributed by atoms with E-state index < -0.39 is 6.04 Å². The first kappa shape index (κ1) is 15.1. The van der Waals surface area contributed by atoms with Crippen molar-refractivity contribution < 1.29 is 9.53 Å². The van der Waals surface area contributed by atoms with Crippen molar-refractivity contribution in [3.63, 3.8) is 0 Å². The van der Waals surface area contributed by atoms with Gasteiger partial charge in [-0.1, -0.05) is 18.2 Å². The zero-order valence-corrected chi connectivity index (χ0v) is 13.0. The molecule has 3 N–H and O–H groups in total. The number of carbonyl (C=O) groups is 1. The van der Waals surface area contributed by atoms with Crippen LogP contribution in [0.4, 0.5) is 5.69 Å². The number of aromatic amines is 1. The third kappa shape index (κ3) is 3.02. The Hall–Kier alpha value is -2.86. The second kappa shape index (κ2) is 6.50. The highest BCUT2D eigenvalue weighted by Crippen LogP contribution is 2.26. The molecule has 118 valence electrons. The number of anilines is 1. The van der Waals surface area contributed by atoms with Gasteiger partial charge in [0.2, 0.25) is 5.91 Å². The molecule has 1 aromatic heterocycles. The van der Waals surface area contributed by atoms with E-state index in [0.29, 0.717) is 5.75 Å². The highest BCUT2D eigenvalue weighted by molar-refractivity contribution is 5.97. The molecule has 0 fully saturated rings. The Labute approximate surface area is 133 Å². The first-order chi connectivity index (χ1) is 11.2. The molecule has 0 aliphatic heterocycles.